The third-order valence-electron chi connectivity index (χ3n) is 10.7. The van der Waals surface area contributed by atoms with Gasteiger partial charge in [0, 0.05) is 32.2 Å². The molecule has 0 radical (unpaired) electrons. The first-order valence-corrected chi connectivity index (χ1v) is 15.1. The summed E-state index contributed by atoms with van der Waals surface area (Å²) in [5.41, 5.74) is 0. The Balaban J connectivity index is 0.00000152. The molecule has 0 aromatic rings. The van der Waals surface area contributed by atoms with Crippen LogP contribution < -0.4 is 10.6 Å². The van der Waals surface area contributed by atoms with Crippen molar-refractivity contribution in [3.63, 3.8) is 0 Å². The average Bonchev–Trinajstić information content (AvgIpc) is 3.64. The van der Waals surface area contributed by atoms with E-state index < -0.39 is 0 Å². The highest BCUT2D eigenvalue weighted by Gasteiger charge is 2.45. The summed E-state index contributed by atoms with van der Waals surface area (Å²) in [4.78, 5) is 2.70. The van der Waals surface area contributed by atoms with Crippen LogP contribution >= 0.6 is 37.2 Å². The molecule has 5 rings (SSSR count). The van der Waals surface area contributed by atoms with Gasteiger partial charge in [-0.15, -0.1) is 37.2 Å². The molecule has 5 fully saturated rings. The number of likely N-dealkylation sites (tertiary alicyclic amines) is 1. The zero-order chi connectivity index (χ0) is 22.5. The second kappa shape index (κ2) is 16.7. The highest BCUT2D eigenvalue weighted by atomic mass is 35.5. The zero-order valence-corrected chi connectivity index (χ0v) is 25.0. The van der Waals surface area contributed by atoms with Gasteiger partial charge in [-0.3, -0.25) is 0 Å². The van der Waals surface area contributed by atoms with E-state index in [2.05, 4.69) is 15.5 Å². The fourth-order valence-corrected chi connectivity index (χ4v) is 9.14. The standard InChI is InChI=1S/C29H53N3O.3ClH/c33-16-13-30-12-15-32-14-4-6-27(21-32)29(28-20-23-8-10-26(28)19-23)31-11-3-1-2-5-24-17-22-7-9-25(24)18-22;;;/h22-31,33H,1-21H2;3*1H. The molecule has 4 saturated carbocycles. The number of halogens is 3. The molecule has 5 aliphatic rings. The Hall–Kier alpha value is 0.710. The van der Waals surface area contributed by atoms with E-state index in [0.29, 0.717) is 0 Å². The van der Waals surface area contributed by atoms with Crippen molar-refractivity contribution in [2.24, 2.45) is 41.4 Å². The van der Waals surface area contributed by atoms with Crippen LogP contribution in [0.5, 0.6) is 0 Å². The van der Waals surface area contributed by atoms with E-state index >= 15 is 0 Å². The molecule has 0 aromatic carbocycles. The summed E-state index contributed by atoms with van der Waals surface area (Å²) in [5.74, 6) is 7.19. The van der Waals surface area contributed by atoms with Crippen molar-refractivity contribution >= 4 is 37.2 Å². The fourth-order valence-electron chi connectivity index (χ4n) is 9.14. The van der Waals surface area contributed by atoms with Crippen LogP contribution in [0.4, 0.5) is 0 Å². The Bertz CT molecular complexity index is 600. The minimum atomic E-state index is 0. The molecule has 8 unspecified atom stereocenters. The van der Waals surface area contributed by atoms with Crippen molar-refractivity contribution in [3.8, 4) is 0 Å². The lowest BCUT2D eigenvalue weighted by atomic mass is 9.75. The number of aliphatic hydroxyl groups excluding tert-OH is 1. The molecule has 8 atom stereocenters. The number of fused-ring (bicyclic) bond motifs is 4. The van der Waals surface area contributed by atoms with Crippen molar-refractivity contribution in [1.29, 1.82) is 0 Å². The molecule has 0 aromatic heterocycles. The number of rotatable bonds is 14. The van der Waals surface area contributed by atoms with Gasteiger partial charge in [0.15, 0.2) is 0 Å². The van der Waals surface area contributed by atoms with Crippen LogP contribution in [-0.4, -0.2) is 61.9 Å². The molecule has 214 valence electrons. The topological polar surface area (TPSA) is 47.5 Å². The van der Waals surface area contributed by atoms with E-state index in [1.54, 1.807) is 25.7 Å². The fraction of sp³-hybridized carbons (Fsp3) is 1.00. The van der Waals surface area contributed by atoms with Gasteiger partial charge in [0.05, 0.1) is 6.61 Å². The minimum Gasteiger partial charge on any atom is -0.395 e. The van der Waals surface area contributed by atoms with Crippen LogP contribution in [0.3, 0.4) is 0 Å². The molecule has 0 spiro atoms. The van der Waals surface area contributed by atoms with Crippen LogP contribution in [0.1, 0.15) is 89.9 Å². The SMILES string of the molecule is Cl.Cl.Cl.OCCNCCN1CCCC(C(NCCCCCC2CC3CCC2C3)C2CC3CCC2C3)C1. The highest BCUT2D eigenvalue weighted by Crippen LogP contribution is 2.51. The first-order chi connectivity index (χ1) is 16.3. The van der Waals surface area contributed by atoms with E-state index in [-0.39, 0.29) is 43.8 Å². The van der Waals surface area contributed by atoms with Crippen molar-refractivity contribution in [1.82, 2.24) is 15.5 Å². The van der Waals surface area contributed by atoms with E-state index in [4.69, 9.17) is 5.11 Å². The van der Waals surface area contributed by atoms with Gasteiger partial charge in [0.25, 0.3) is 0 Å². The number of nitrogens with one attached hydrogen (secondary N) is 2. The summed E-state index contributed by atoms with van der Waals surface area (Å²) in [6.45, 7) is 6.95. The van der Waals surface area contributed by atoms with Gasteiger partial charge in [0.1, 0.15) is 0 Å². The summed E-state index contributed by atoms with van der Waals surface area (Å²) in [6.07, 6.45) is 21.0. The van der Waals surface area contributed by atoms with E-state index in [1.807, 2.05) is 0 Å². The molecule has 7 heteroatoms. The lowest BCUT2D eigenvalue weighted by molar-refractivity contribution is 0.105. The monoisotopic (exact) mass is 567 g/mol. The number of aliphatic hydroxyl groups is 1. The summed E-state index contributed by atoms with van der Waals surface area (Å²) < 4.78 is 0. The molecule has 4 aliphatic carbocycles. The van der Waals surface area contributed by atoms with E-state index in [9.17, 15) is 0 Å². The molecular formula is C29H56Cl3N3O. The molecule has 1 saturated heterocycles. The van der Waals surface area contributed by atoms with Crippen LogP contribution in [0.25, 0.3) is 0 Å². The quantitative estimate of drug-likeness (QED) is 0.227. The summed E-state index contributed by atoms with van der Waals surface area (Å²) in [5, 5.41) is 16.6. The molecule has 36 heavy (non-hydrogen) atoms. The molecule has 4 bridgehead atoms. The lowest BCUT2D eigenvalue weighted by Crippen LogP contribution is -2.51. The molecule has 0 amide bonds. The first kappa shape index (κ1) is 32.9. The summed E-state index contributed by atoms with van der Waals surface area (Å²) in [7, 11) is 0. The second-order valence-electron chi connectivity index (χ2n) is 12.8. The number of unbranched alkanes of at least 4 members (excludes halogenated alkanes) is 2. The largest absolute Gasteiger partial charge is 0.395 e. The molecule has 4 nitrogen and oxygen atoms in total. The average molecular weight is 569 g/mol. The Morgan fingerprint density at radius 2 is 1.56 bits per heavy atom. The normalized spacial score (nSPS) is 35.8. The predicted molar refractivity (Wildman–Crippen MR) is 159 cm³/mol. The third-order valence-corrected chi connectivity index (χ3v) is 10.7. The Labute approximate surface area is 240 Å². The number of hydrogen-bond acceptors (Lipinski definition) is 4. The Kier molecular flexibility index (Phi) is 15.3. The lowest BCUT2D eigenvalue weighted by Gasteiger charge is -2.42. The van der Waals surface area contributed by atoms with E-state index in [0.717, 1.165) is 67.1 Å². The van der Waals surface area contributed by atoms with Gasteiger partial charge in [-0.25, -0.2) is 0 Å². The van der Waals surface area contributed by atoms with Gasteiger partial charge in [-0.05, 0) is 112 Å². The van der Waals surface area contributed by atoms with Crippen molar-refractivity contribution in [2.75, 3.05) is 45.9 Å². The maximum absolute atomic E-state index is 9.02. The molecule has 3 N–H and O–H groups in total. The number of nitrogens with zero attached hydrogens (tertiary/aromatic N) is 1. The molecule has 1 heterocycles. The van der Waals surface area contributed by atoms with Gasteiger partial charge < -0.3 is 20.6 Å². The summed E-state index contributed by atoms with van der Waals surface area (Å²) >= 11 is 0. The van der Waals surface area contributed by atoms with Crippen molar-refractivity contribution in [3.05, 3.63) is 0 Å². The summed E-state index contributed by atoms with van der Waals surface area (Å²) in [6, 6.07) is 0.763. The maximum atomic E-state index is 9.02. The maximum Gasteiger partial charge on any atom is 0.0555 e. The van der Waals surface area contributed by atoms with Gasteiger partial charge >= 0.3 is 0 Å². The van der Waals surface area contributed by atoms with Crippen molar-refractivity contribution in [2.45, 2.75) is 95.9 Å². The first-order valence-electron chi connectivity index (χ1n) is 15.1. The van der Waals surface area contributed by atoms with E-state index in [1.165, 1.54) is 83.8 Å². The van der Waals surface area contributed by atoms with Crippen LogP contribution in [-0.2, 0) is 0 Å². The number of piperidine rings is 1. The molecule has 1 aliphatic heterocycles. The van der Waals surface area contributed by atoms with Crippen LogP contribution in [0.2, 0.25) is 0 Å². The highest BCUT2D eigenvalue weighted by molar-refractivity contribution is 5.86. The van der Waals surface area contributed by atoms with Gasteiger partial charge in [0.2, 0.25) is 0 Å². The van der Waals surface area contributed by atoms with Crippen molar-refractivity contribution < 1.29 is 5.11 Å². The van der Waals surface area contributed by atoms with Crippen LogP contribution in [0.15, 0.2) is 0 Å². The Morgan fingerprint density at radius 1 is 0.778 bits per heavy atom. The molecular weight excluding hydrogens is 513 g/mol. The van der Waals surface area contributed by atoms with Crippen LogP contribution in [0, 0.1) is 41.4 Å². The zero-order valence-electron chi connectivity index (χ0n) is 22.6. The predicted octanol–water partition coefficient (Wildman–Crippen LogP) is 5.94. The number of hydrogen-bond donors (Lipinski definition) is 3. The Morgan fingerprint density at radius 3 is 2.22 bits per heavy atom. The van der Waals surface area contributed by atoms with Gasteiger partial charge in [-0.1, -0.05) is 32.1 Å². The van der Waals surface area contributed by atoms with Gasteiger partial charge in [-0.2, -0.15) is 0 Å². The minimum absolute atomic E-state index is 0. The third kappa shape index (κ3) is 8.60. The second-order valence-corrected chi connectivity index (χ2v) is 12.8. The smallest absolute Gasteiger partial charge is 0.0555 e.